The van der Waals surface area contributed by atoms with Gasteiger partial charge >= 0.3 is 12.6 Å². The number of ether oxygens (including phenoxy) is 1. The van der Waals surface area contributed by atoms with Crippen LogP contribution >= 0.6 is 0 Å². The van der Waals surface area contributed by atoms with Crippen LogP contribution in [-0.2, 0) is 9.59 Å². The summed E-state index contributed by atoms with van der Waals surface area (Å²) in [5.74, 6) is -1.10. The average Bonchev–Trinajstić information content (AvgIpc) is 2.55. The zero-order chi connectivity index (χ0) is 18.4. The third-order valence-electron chi connectivity index (χ3n) is 4.07. The lowest BCUT2D eigenvalue weighted by atomic mass is 10.0. The summed E-state index contributed by atoms with van der Waals surface area (Å²) in [6.07, 6.45) is 2.09. The van der Waals surface area contributed by atoms with Gasteiger partial charge in [-0.3, -0.25) is 14.5 Å². The van der Waals surface area contributed by atoms with E-state index in [2.05, 4.69) is 4.74 Å². The zero-order valence-electron chi connectivity index (χ0n) is 14.0. The number of hydrogen-bond donors (Lipinski definition) is 1. The van der Waals surface area contributed by atoms with Crippen molar-refractivity contribution in [2.75, 3.05) is 24.5 Å². The minimum absolute atomic E-state index is 0.0262. The second kappa shape index (κ2) is 8.75. The monoisotopic (exact) mass is 356 g/mol. The van der Waals surface area contributed by atoms with Crippen molar-refractivity contribution in [1.29, 1.82) is 0 Å². The summed E-state index contributed by atoms with van der Waals surface area (Å²) in [5, 5.41) is 9.07. The molecule has 1 aromatic rings. The molecular formula is C17H22F2N2O4. The molecule has 1 unspecified atom stereocenters. The molecular weight excluding hydrogens is 334 g/mol. The van der Waals surface area contributed by atoms with Crippen molar-refractivity contribution in [1.82, 2.24) is 4.90 Å². The smallest absolute Gasteiger partial charge is 0.387 e. The van der Waals surface area contributed by atoms with E-state index in [1.54, 1.807) is 21.9 Å². The molecule has 0 saturated carbocycles. The maximum Gasteiger partial charge on any atom is 0.387 e. The Labute approximate surface area is 145 Å². The Balaban J connectivity index is 2.13. The number of piperidine rings is 1. The van der Waals surface area contributed by atoms with Gasteiger partial charge in [0.2, 0.25) is 5.91 Å². The molecule has 1 aliphatic heterocycles. The normalized spacial score (nSPS) is 18.0. The molecule has 1 aliphatic rings. The van der Waals surface area contributed by atoms with Gasteiger partial charge in [0.05, 0.1) is 12.6 Å². The highest BCUT2D eigenvalue weighted by Crippen LogP contribution is 2.26. The number of nitrogens with zero attached hydrogens (tertiary/aromatic N) is 2. The van der Waals surface area contributed by atoms with Gasteiger partial charge in [-0.05, 0) is 50.1 Å². The van der Waals surface area contributed by atoms with Gasteiger partial charge in [-0.1, -0.05) is 6.92 Å². The number of amides is 1. The predicted octanol–water partition coefficient (Wildman–Crippen LogP) is 2.58. The van der Waals surface area contributed by atoms with E-state index in [-0.39, 0.29) is 18.2 Å². The molecule has 8 heteroatoms. The largest absolute Gasteiger partial charge is 0.480 e. The van der Waals surface area contributed by atoms with E-state index in [1.807, 2.05) is 6.92 Å². The summed E-state index contributed by atoms with van der Waals surface area (Å²) >= 11 is 0. The van der Waals surface area contributed by atoms with E-state index in [9.17, 15) is 18.4 Å². The maximum absolute atomic E-state index is 12.8. The molecule has 1 saturated heterocycles. The van der Waals surface area contributed by atoms with Crippen molar-refractivity contribution in [3.05, 3.63) is 24.3 Å². The van der Waals surface area contributed by atoms with Gasteiger partial charge in [0, 0.05) is 12.2 Å². The molecule has 0 bridgehead atoms. The SMILES string of the molecule is CCCN(CC(=O)O)C1CCCN(c2ccc(OC(F)F)cc2)C1=O. The number of carboxylic acid groups (broad SMARTS) is 1. The number of benzene rings is 1. The summed E-state index contributed by atoms with van der Waals surface area (Å²) < 4.78 is 28.7. The van der Waals surface area contributed by atoms with E-state index in [4.69, 9.17) is 5.11 Å². The molecule has 0 aromatic heterocycles. The van der Waals surface area contributed by atoms with Crippen LogP contribution in [0.5, 0.6) is 5.75 Å². The number of carboxylic acids is 1. The summed E-state index contributed by atoms with van der Waals surface area (Å²) in [6.45, 7) is -0.110. The summed E-state index contributed by atoms with van der Waals surface area (Å²) in [4.78, 5) is 27.2. The van der Waals surface area contributed by atoms with Crippen LogP contribution in [0, 0.1) is 0 Å². The van der Waals surface area contributed by atoms with E-state index in [0.29, 0.717) is 25.2 Å². The molecule has 0 radical (unpaired) electrons. The van der Waals surface area contributed by atoms with Gasteiger partial charge in [-0.15, -0.1) is 0 Å². The molecule has 25 heavy (non-hydrogen) atoms. The fourth-order valence-electron chi connectivity index (χ4n) is 3.06. The number of hydrogen-bond acceptors (Lipinski definition) is 4. The van der Waals surface area contributed by atoms with Crippen molar-refractivity contribution in [2.45, 2.75) is 38.8 Å². The van der Waals surface area contributed by atoms with Crippen molar-refractivity contribution in [2.24, 2.45) is 0 Å². The summed E-state index contributed by atoms with van der Waals surface area (Å²) in [5.41, 5.74) is 0.586. The highest BCUT2D eigenvalue weighted by Gasteiger charge is 2.34. The Kier molecular flexibility index (Phi) is 6.69. The molecule has 2 rings (SSSR count). The minimum Gasteiger partial charge on any atom is -0.480 e. The number of alkyl halides is 2. The van der Waals surface area contributed by atoms with Crippen molar-refractivity contribution < 1.29 is 28.2 Å². The molecule has 1 atom stereocenters. The second-order valence-electron chi connectivity index (χ2n) is 5.88. The molecule has 1 heterocycles. The van der Waals surface area contributed by atoms with Crippen molar-refractivity contribution >= 4 is 17.6 Å². The topological polar surface area (TPSA) is 70.1 Å². The Morgan fingerprint density at radius 3 is 2.64 bits per heavy atom. The predicted molar refractivity (Wildman–Crippen MR) is 87.9 cm³/mol. The molecule has 0 aliphatic carbocycles. The van der Waals surface area contributed by atoms with Gasteiger partial charge in [-0.2, -0.15) is 8.78 Å². The Morgan fingerprint density at radius 2 is 2.08 bits per heavy atom. The molecule has 1 amide bonds. The molecule has 138 valence electrons. The zero-order valence-corrected chi connectivity index (χ0v) is 14.0. The van der Waals surface area contributed by atoms with Gasteiger partial charge in [-0.25, -0.2) is 0 Å². The lowest BCUT2D eigenvalue weighted by Crippen LogP contribution is -2.54. The highest BCUT2D eigenvalue weighted by molar-refractivity contribution is 5.98. The number of rotatable bonds is 8. The van der Waals surface area contributed by atoms with Crippen molar-refractivity contribution in [3.8, 4) is 5.75 Å². The van der Waals surface area contributed by atoms with Crippen LogP contribution in [0.4, 0.5) is 14.5 Å². The molecule has 6 nitrogen and oxygen atoms in total. The molecule has 0 spiro atoms. The van der Waals surface area contributed by atoms with Gasteiger partial charge in [0.15, 0.2) is 0 Å². The Hall–Kier alpha value is -2.22. The number of anilines is 1. The summed E-state index contributed by atoms with van der Waals surface area (Å²) in [6, 6.07) is 5.40. The molecule has 1 aromatic carbocycles. The third kappa shape index (κ3) is 5.12. The summed E-state index contributed by atoms with van der Waals surface area (Å²) in [7, 11) is 0. The minimum atomic E-state index is -2.90. The lowest BCUT2D eigenvalue weighted by molar-refractivity contribution is -0.140. The standard InChI is InChI=1S/C17H22F2N2O4/c1-2-9-20(11-15(22)23)14-4-3-10-21(16(14)24)12-5-7-13(8-6-12)25-17(18)19/h5-8,14,17H,2-4,9-11H2,1H3,(H,22,23). The number of halogens is 2. The second-order valence-corrected chi connectivity index (χ2v) is 5.88. The Morgan fingerprint density at radius 1 is 1.40 bits per heavy atom. The van der Waals surface area contributed by atoms with E-state index >= 15 is 0 Å². The first-order valence-electron chi connectivity index (χ1n) is 8.24. The van der Waals surface area contributed by atoms with Gasteiger partial charge in [0.1, 0.15) is 5.75 Å². The van der Waals surface area contributed by atoms with Crippen LogP contribution in [0.15, 0.2) is 24.3 Å². The van der Waals surface area contributed by atoms with Crippen LogP contribution in [0.25, 0.3) is 0 Å². The van der Waals surface area contributed by atoms with E-state index in [0.717, 1.165) is 12.8 Å². The molecule has 1 fully saturated rings. The van der Waals surface area contributed by atoms with Crippen molar-refractivity contribution in [3.63, 3.8) is 0 Å². The molecule has 1 N–H and O–H groups in total. The fourth-order valence-corrected chi connectivity index (χ4v) is 3.06. The first-order valence-corrected chi connectivity index (χ1v) is 8.24. The van der Waals surface area contributed by atoms with E-state index < -0.39 is 18.6 Å². The van der Waals surface area contributed by atoms with Gasteiger partial charge < -0.3 is 14.7 Å². The van der Waals surface area contributed by atoms with Crippen LogP contribution in [0.3, 0.4) is 0 Å². The number of carbonyl (C=O) groups excluding carboxylic acids is 1. The maximum atomic E-state index is 12.8. The average molecular weight is 356 g/mol. The quantitative estimate of drug-likeness (QED) is 0.775. The van der Waals surface area contributed by atoms with Crippen LogP contribution < -0.4 is 9.64 Å². The Bertz CT molecular complexity index is 595. The van der Waals surface area contributed by atoms with Crippen LogP contribution in [-0.4, -0.2) is 54.2 Å². The van der Waals surface area contributed by atoms with Crippen LogP contribution in [0.2, 0.25) is 0 Å². The van der Waals surface area contributed by atoms with Crippen LogP contribution in [0.1, 0.15) is 26.2 Å². The third-order valence-corrected chi connectivity index (χ3v) is 4.07. The number of carbonyl (C=O) groups is 2. The fraction of sp³-hybridized carbons (Fsp3) is 0.529. The lowest BCUT2D eigenvalue weighted by Gasteiger charge is -2.37. The van der Waals surface area contributed by atoms with E-state index in [1.165, 1.54) is 12.1 Å². The number of aliphatic carboxylic acids is 1. The highest BCUT2D eigenvalue weighted by atomic mass is 19.3. The van der Waals surface area contributed by atoms with Gasteiger partial charge in [0.25, 0.3) is 0 Å². The first-order chi connectivity index (χ1) is 11.9. The first kappa shape index (κ1) is 19.1.